The first-order chi connectivity index (χ1) is 14.5. The number of amides is 2. The molecule has 1 saturated heterocycles. The second-order valence-electron chi connectivity index (χ2n) is 7.22. The highest BCUT2D eigenvalue weighted by atomic mass is 19.1. The summed E-state index contributed by atoms with van der Waals surface area (Å²) in [5.41, 5.74) is 0.105. The molecule has 30 heavy (non-hydrogen) atoms. The van der Waals surface area contributed by atoms with Crippen molar-refractivity contribution in [2.75, 3.05) is 39.3 Å². The lowest BCUT2D eigenvalue weighted by atomic mass is 10.1. The van der Waals surface area contributed by atoms with Crippen LogP contribution in [0.15, 0.2) is 28.8 Å². The fraction of sp³-hybridized carbons (Fsp3) is 0.524. The minimum absolute atomic E-state index is 0.0791. The average Bonchev–Trinajstić information content (AvgIpc) is 3.21. The average molecular weight is 417 g/mol. The van der Waals surface area contributed by atoms with Gasteiger partial charge in [0.05, 0.1) is 12.1 Å². The first-order valence-electron chi connectivity index (χ1n) is 10.4. The molecule has 0 aliphatic carbocycles. The predicted molar refractivity (Wildman–Crippen MR) is 108 cm³/mol. The van der Waals surface area contributed by atoms with Crippen LogP contribution >= 0.6 is 0 Å². The zero-order valence-electron chi connectivity index (χ0n) is 17.5. The Morgan fingerprint density at radius 3 is 2.50 bits per heavy atom. The summed E-state index contributed by atoms with van der Waals surface area (Å²) in [5, 5.41) is 4.00. The number of carbonyl (C=O) groups excluding carboxylic acids is 2. The highest BCUT2D eigenvalue weighted by Crippen LogP contribution is 2.13. The van der Waals surface area contributed by atoms with Crippen molar-refractivity contribution in [3.63, 3.8) is 0 Å². The minimum atomic E-state index is -0.497. The Morgan fingerprint density at radius 2 is 1.83 bits per heavy atom. The Balaban J connectivity index is 1.46. The molecule has 0 spiro atoms. The highest BCUT2D eigenvalue weighted by Gasteiger charge is 2.24. The van der Waals surface area contributed by atoms with Crippen LogP contribution in [0.1, 0.15) is 42.3 Å². The number of aromatic nitrogens is 2. The Labute approximate surface area is 175 Å². The van der Waals surface area contributed by atoms with E-state index in [9.17, 15) is 14.0 Å². The maximum Gasteiger partial charge on any atom is 0.256 e. The molecule has 2 aromatic rings. The topological polar surface area (TPSA) is 82.8 Å². The monoisotopic (exact) mass is 417 g/mol. The number of hydrogen-bond donors (Lipinski definition) is 0. The maximum atomic E-state index is 13.9. The largest absolute Gasteiger partial charge is 0.343 e. The third-order valence-electron chi connectivity index (χ3n) is 5.31. The summed E-state index contributed by atoms with van der Waals surface area (Å²) in [6.45, 7) is 8.11. The summed E-state index contributed by atoms with van der Waals surface area (Å²) in [6.07, 6.45) is 0.771. The van der Waals surface area contributed by atoms with Crippen LogP contribution in [-0.4, -0.2) is 75.9 Å². The van der Waals surface area contributed by atoms with E-state index < -0.39 is 5.82 Å². The molecule has 0 bridgehead atoms. The predicted octanol–water partition coefficient (Wildman–Crippen LogP) is 1.97. The summed E-state index contributed by atoms with van der Waals surface area (Å²) in [7, 11) is 0. The molecule has 2 amide bonds. The van der Waals surface area contributed by atoms with Gasteiger partial charge >= 0.3 is 0 Å². The van der Waals surface area contributed by atoms with Crippen molar-refractivity contribution in [2.45, 2.75) is 33.2 Å². The lowest BCUT2D eigenvalue weighted by Gasteiger charge is -2.34. The molecular formula is C21H28FN5O3. The first-order valence-corrected chi connectivity index (χ1v) is 10.4. The van der Waals surface area contributed by atoms with Crippen LogP contribution in [0.2, 0.25) is 0 Å². The Morgan fingerprint density at radius 1 is 1.13 bits per heavy atom. The van der Waals surface area contributed by atoms with Gasteiger partial charge in [-0.2, -0.15) is 4.98 Å². The third-order valence-corrected chi connectivity index (χ3v) is 5.31. The lowest BCUT2D eigenvalue weighted by Crippen LogP contribution is -2.48. The fourth-order valence-electron chi connectivity index (χ4n) is 3.52. The third kappa shape index (κ3) is 5.41. The number of nitrogens with zero attached hydrogens (tertiary/aromatic N) is 5. The molecule has 0 N–H and O–H groups in total. The number of aryl methyl sites for hydroxylation is 1. The van der Waals surface area contributed by atoms with E-state index in [1.165, 1.54) is 12.1 Å². The van der Waals surface area contributed by atoms with Crippen LogP contribution in [0.25, 0.3) is 0 Å². The molecular weight excluding hydrogens is 389 g/mol. The maximum absolute atomic E-state index is 13.9. The summed E-state index contributed by atoms with van der Waals surface area (Å²) >= 11 is 0. The Hall–Kier alpha value is -2.81. The molecule has 0 atom stereocenters. The summed E-state index contributed by atoms with van der Waals surface area (Å²) in [6, 6.07) is 6.04. The van der Waals surface area contributed by atoms with E-state index in [4.69, 9.17) is 4.52 Å². The first kappa shape index (κ1) is 21.9. The van der Waals surface area contributed by atoms with Crippen molar-refractivity contribution in [3.05, 3.63) is 47.4 Å². The quantitative estimate of drug-likeness (QED) is 0.653. The van der Waals surface area contributed by atoms with Crippen molar-refractivity contribution >= 4 is 11.8 Å². The van der Waals surface area contributed by atoms with Gasteiger partial charge in [-0.05, 0) is 26.0 Å². The van der Waals surface area contributed by atoms with Crippen LogP contribution in [0, 0.1) is 5.82 Å². The Bertz CT molecular complexity index is 860. The molecule has 162 valence electrons. The van der Waals surface area contributed by atoms with Crippen LogP contribution in [-0.2, 0) is 17.8 Å². The second kappa shape index (κ2) is 10.3. The van der Waals surface area contributed by atoms with E-state index in [0.29, 0.717) is 70.4 Å². The van der Waals surface area contributed by atoms with Crippen LogP contribution in [0.4, 0.5) is 4.39 Å². The van der Waals surface area contributed by atoms with Gasteiger partial charge in [0.15, 0.2) is 5.82 Å². The summed E-state index contributed by atoms with van der Waals surface area (Å²) < 4.78 is 19.1. The van der Waals surface area contributed by atoms with Crippen LogP contribution in [0.3, 0.4) is 0 Å². The standard InChI is InChI=1S/C21H28FN5O3/c1-3-26(4-2)20(28)10-9-19-23-18(24-30-19)15-25-11-13-27(14-12-25)21(29)16-7-5-6-8-17(16)22/h5-8H,3-4,9-15H2,1-2H3. The molecule has 0 radical (unpaired) electrons. The van der Waals surface area contributed by atoms with Crippen molar-refractivity contribution in [1.82, 2.24) is 24.8 Å². The van der Waals surface area contributed by atoms with E-state index in [0.717, 1.165) is 0 Å². The zero-order valence-corrected chi connectivity index (χ0v) is 17.5. The molecule has 3 rings (SSSR count). The van der Waals surface area contributed by atoms with E-state index in [-0.39, 0.29) is 17.4 Å². The molecule has 1 fully saturated rings. The summed E-state index contributed by atoms with van der Waals surface area (Å²) in [5.74, 6) is 0.319. The van der Waals surface area contributed by atoms with Gasteiger partial charge in [-0.15, -0.1) is 0 Å². The van der Waals surface area contributed by atoms with Gasteiger partial charge in [0, 0.05) is 52.1 Å². The molecule has 2 heterocycles. The van der Waals surface area contributed by atoms with Crippen molar-refractivity contribution in [2.24, 2.45) is 0 Å². The molecule has 1 aromatic heterocycles. The van der Waals surface area contributed by atoms with Crippen molar-refractivity contribution in [1.29, 1.82) is 0 Å². The number of piperazine rings is 1. The van der Waals surface area contributed by atoms with Gasteiger partial charge < -0.3 is 14.3 Å². The van der Waals surface area contributed by atoms with Gasteiger partial charge in [-0.3, -0.25) is 14.5 Å². The van der Waals surface area contributed by atoms with Crippen molar-refractivity contribution < 1.29 is 18.5 Å². The number of halogens is 1. The molecule has 1 aliphatic heterocycles. The molecule has 9 heteroatoms. The van der Waals surface area contributed by atoms with Gasteiger partial charge in [0.1, 0.15) is 5.82 Å². The van der Waals surface area contributed by atoms with Crippen molar-refractivity contribution in [3.8, 4) is 0 Å². The Kier molecular flexibility index (Phi) is 7.51. The molecule has 1 aliphatic rings. The number of carbonyl (C=O) groups is 2. The van der Waals surface area contributed by atoms with E-state index in [1.807, 2.05) is 13.8 Å². The molecule has 0 saturated carbocycles. The number of rotatable bonds is 8. The van der Waals surface area contributed by atoms with Crippen LogP contribution in [0.5, 0.6) is 0 Å². The molecule has 8 nitrogen and oxygen atoms in total. The molecule has 1 aromatic carbocycles. The molecule has 0 unspecified atom stereocenters. The number of hydrogen-bond acceptors (Lipinski definition) is 6. The van der Waals surface area contributed by atoms with Gasteiger partial charge in [0.25, 0.3) is 5.91 Å². The van der Waals surface area contributed by atoms with Gasteiger partial charge in [0.2, 0.25) is 11.8 Å². The minimum Gasteiger partial charge on any atom is -0.343 e. The fourth-order valence-corrected chi connectivity index (χ4v) is 3.52. The van der Waals surface area contributed by atoms with E-state index in [1.54, 1.807) is 21.9 Å². The SMILES string of the molecule is CCN(CC)C(=O)CCc1nc(CN2CCN(C(=O)c3ccccc3F)CC2)no1. The zero-order chi connectivity index (χ0) is 21.5. The highest BCUT2D eigenvalue weighted by molar-refractivity contribution is 5.94. The second-order valence-corrected chi connectivity index (χ2v) is 7.22. The normalized spacial score (nSPS) is 14.7. The van der Waals surface area contributed by atoms with Gasteiger partial charge in [-0.25, -0.2) is 4.39 Å². The van der Waals surface area contributed by atoms with E-state index >= 15 is 0 Å². The lowest BCUT2D eigenvalue weighted by molar-refractivity contribution is -0.130. The van der Waals surface area contributed by atoms with Crippen LogP contribution < -0.4 is 0 Å². The smallest absolute Gasteiger partial charge is 0.256 e. The summed E-state index contributed by atoms with van der Waals surface area (Å²) in [4.78, 5) is 34.5. The van der Waals surface area contributed by atoms with E-state index in [2.05, 4.69) is 15.0 Å². The number of benzene rings is 1. The van der Waals surface area contributed by atoms with Gasteiger partial charge in [-0.1, -0.05) is 17.3 Å².